The fourth-order valence-corrected chi connectivity index (χ4v) is 4.66. The van der Waals surface area contributed by atoms with Gasteiger partial charge in [0, 0.05) is 31.9 Å². The molecule has 2 N–H and O–H groups in total. The lowest BCUT2D eigenvalue weighted by Crippen LogP contribution is -2.46. The van der Waals surface area contributed by atoms with Crippen molar-refractivity contribution >= 4 is 11.8 Å². The smallest absolute Gasteiger partial charge is 0.340 e. The third-order valence-corrected chi connectivity index (χ3v) is 6.28. The zero-order valence-electron chi connectivity index (χ0n) is 20.3. The summed E-state index contributed by atoms with van der Waals surface area (Å²) in [6, 6.07) is 15.4. The summed E-state index contributed by atoms with van der Waals surface area (Å²) in [6.07, 6.45) is -0.827. The Morgan fingerprint density at radius 1 is 1.11 bits per heavy atom. The highest BCUT2D eigenvalue weighted by Crippen LogP contribution is 2.31. The highest BCUT2D eigenvalue weighted by molar-refractivity contribution is 5.91. The van der Waals surface area contributed by atoms with Gasteiger partial charge in [-0.25, -0.2) is 14.5 Å². The van der Waals surface area contributed by atoms with E-state index in [1.807, 2.05) is 67.2 Å². The van der Waals surface area contributed by atoms with Crippen LogP contribution in [0.3, 0.4) is 0 Å². The van der Waals surface area contributed by atoms with Gasteiger partial charge in [-0.3, -0.25) is 10.2 Å². The van der Waals surface area contributed by atoms with E-state index in [0.29, 0.717) is 22.8 Å². The molecule has 1 aliphatic rings. The maximum Gasteiger partial charge on any atom is 0.401 e. The molecule has 1 aliphatic heterocycles. The Labute approximate surface area is 211 Å². The summed E-state index contributed by atoms with van der Waals surface area (Å²) in [4.78, 5) is 18.9. The van der Waals surface area contributed by atoms with Crippen LogP contribution in [0.1, 0.15) is 22.7 Å². The Balaban J connectivity index is 1.43. The number of benzene rings is 2. The van der Waals surface area contributed by atoms with E-state index in [1.54, 1.807) is 23.1 Å². The van der Waals surface area contributed by atoms with Crippen molar-refractivity contribution in [3.63, 3.8) is 0 Å². The maximum atomic E-state index is 13.2. The highest BCUT2D eigenvalue weighted by atomic mass is 19.4. The first-order chi connectivity index (χ1) is 17.7. The number of halogens is 3. The number of para-hydroxylation sites is 1. The van der Waals surface area contributed by atoms with Crippen LogP contribution in [0, 0.1) is 6.92 Å². The summed E-state index contributed by atoms with van der Waals surface area (Å²) in [5.74, 6) is 0.445. The van der Waals surface area contributed by atoms with Crippen molar-refractivity contribution in [1.29, 1.82) is 0 Å². The highest BCUT2D eigenvalue weighted by Gasteiger charge is 2.35. The summed E-state index contributed by atoms with van der Waals surface area (Å²) < 4.78 is 42.8. The molecule has 11 heteroatoms. The molecular weight excluding hydrogens is 483 g/mol. The van der Waals surface area contributed by atoms with Gasteiger partial charge in [0.15, 0.2) is 0 Å². The molecule has 2 aromatic heterocycles. The number of hydrogen-bond acceptors (Lipinski definition) is 4. The number of anilines is 1. The summed E-state index contributed by atoms with van der Waals surface area (Å²) in [5.41, 5.74) is 4.27. The van der Waals surface area contributed by atoms with E-state index < -0.39 is 24.8 Å². The largest absolute Gasteiger partial charge is 0.401 e. The quantitative estimate of drug-likeness (QED) is 0.404. The van der Waals surface area contributed by atoms with Gasteiger partial charge < -0.3 is 9.88 Å². The molecule has 1 unspecified atom stereocenters. The number of hydrogen-bond donors (Lipinski definition) is 2. The van der Waals surface area contributed by atoms with E-state index in [4.69, 9.17) is 5.10 Å². The molecule has 3 heterocycles. The first-order valence-corrected chi connectivity index (χ1v) is 11.8. The van der Waals surface area contributed by atoms with Gasteiger partial charge in [0.25, 0.3) is 0 Å². The number of aryl methyl sites for hydroxylation is 1. The van der Waals surface area contributed by atoms with Crippen LogP contribution < -0.4 is 10.6 Å². The molecule has 0 bridgehead atoms. The summed E-state index contributed by atoms with van der Waals surface area (Å²) in [7, 11) is 1.86. The number of fused-ring (bicyclic) bond motifs is 1. The number of amides is 2. The minimum Gasteiger partial charge on any atom is -0.340 e. The number of carbonyl (C=O) groups is 1. The maximum absolute atomic E-state index is 13.2. The predicted octanol–water partition coefficient (Wildman–Crippen LogP) is 4.82. The second kappa shape index (κ2) is 9.74. The van der Waals surface area contributed by atoms with Crippen molar-refractivity contribution in [1.82, 2.24) is 29.5 Å². The number of nitrogens with one attached hydrogen (secondary N) is 2. The van der Waals surface area contributed by atoms with Gasteiger partial charge in [0.05, 0.1) is 24.6 Å². The zero-order chi connectivity index (χ0) is 26.2. The van der Waals surface area contributed by atoms with Gasteiger partial charge in [-0.05, 0) is 30.2 Å². The first kappa shape index (κ1) is 24.6. The molecule has 8 nitrogen and oxygen atoms in total. The summed E-state index contributed by atoms with van der Waals surface area (Å²) in [6.45, 7) is 1.00. The standard InChI is InChI=1S/C26H26F3N7O/c1-17-23(22-13-34(2)16-30-22)33-36(19-9-4-3-5-10-19)24(17)32-25(37)31-21-14-35(15-26(27,28)29)12-18-8-6-7-11-20(18)21/h3-11,13,16,21H,12,14-15H2,1-2H3,(H2,31,32,37). The number of aromatic nitrogens is 4. The number of imidazole rings is 1. The Hall–Kier alpha value is -4.12. The van der Waals surface area contributed by atoms with Crippen LogP contribution in [0.5, 0.6) is 0 Å². The van der Waals surface area contributed by atoms with Crippen molar-refractivity contribution in [2.24, 2.45) is 7.05 Å². The molecule has 0 spiro atoms. The number of urea groups is 1. The molecule has 37 heavy (non-hydrogen) atoms. The third kappa shape index (κ3) is 5.36. The lowest BCUT2D eigenvalue weighted by atomic mass is 9.95. The Bertz CT molecular complexity index is 1410. The van der Waals surface area contributed by atoms with E-state index in [2.05, 4.69) is 15.6 Å². The fraction of sp³-hybridized carbons (Fsp3) is 0.269. The van der Waals surface area contributed by atoms with Gasteiger partial charge >= 0.3 is 12.2 Å². The third-order valence-electron chi connectivity index (χ3n) is 6.28. The van der Waals surface area contributed by atoms with Crippen molar-refractivity contribution in [2.75, 3.05) is 18.4 Å². The molecule has 192 valence electrons. The average molecular weight is 510 g/mol. The molecule has 0 radical (unpaired) electrons. The minimum atomic E-state index is -4.33. The van der Waals surface area contributed by atoms with Gasteiger partial charge in [-0.2, -0.15) is 18.3 Å². The van der Waals surface area contributed by atoms with E-state index in [-0.39, 0.29) is 13.1 Å². The molecule has 5 rings (SSSR count). The van der Waals surface area contributed by atoms with Crippen molar-refractivity contribution < 1.29 is 18.0 Å². The molecule has 4 aromatic rings. The van der Waals surface area contributed by atoms with Crippen LogP contribution in [0.15, 0.2) is 67.1 Å². The lowest BCUT2D eigenvalue weighted by molar-refractivity contribution is -0.148. The molecule has 2 aromatic carbocycles. The molecule has 0 aliphatic carbocycles. The average Bonchev–Trinajstić information content (AvgIpc) is 3.41. The van der Waals surface area contributed by atoms with E-state index in [1.165, 1.54) is 4.90 Å². The second-order valence-corrected chi connectivity index (χ2v) is 9.13. The van der Waals surface area contributed by atoms with Gasteiger partial charge in [0.1, 0.15) is 17.2 Å². The van der Waals surface area contributed by atoms with Crippen LogP contribution in [0.2, 0.25) is 0 Å². The molecular formula is C26H26F3N7O. The van der Waals surface area contributed by atoms with E-state index in [0.717, 1.165) is 16.8 Å². The molecule has 0 saturated carbocycles. The van der Waals surface area contributed by atoms with Gasteiger partial charge in [0.2, 0.25) is 0 Å². The van der Waals surface area contributed by atoms with Crippen LogP contribution in [-0.4, -0.2) is 49.5 Å². The van der Waals surface area contributed by atoms with Crippen molar-refractivity contribution in [3.05, 3.63) is 83.8 Å². The molecule has 2 amide bonds. The first-order valence-electron chi connectivity index (χ1n) is 11.8. The van der Waals surface area contributed by atoms with Crippen molar-refractivity contribution in [3.8, 4) is 17.1 Å². The number of carbonyl (C=O) groups excluding carboxylic acids is 1. The Morgan fingerprint density at radius 2 is 1.84 bits per heavy atom. The Kier molecular flexibility index (Phi) is 6.46. The lowest BCUT2D eigenvalue weighted by Gasteiger charge is -2.35. The van der Waals surface area contributed by atoms with Crippen LogP contribution >= 0.6 is 0 Å². The van der Waals surface area contributed by atoms with Gasteiger partial charge in [-0.15, -0.1) is 0 Å². The van der Waals surface area contributed by atoms with E-state index in [9.17, 15) is 18.0 Å². The minimum absolute atomic E-state index is 0.0417. The summed E-state index contributed by atoms with van der Waals surface area (Å²) in [5, 5.41) is 10.5. The van der Waals surface area contributed by atoms with Crippen LogP contribution in [0.4, 0.5) is 23.8 Å². The number of alkyl halides is 3. The molecule has 0 fully saturated rings. The monoisotopic (exact) mass is 509 g/mol. The number of rotatable bonds is 5. The Morgan fingerprint density at radius 3 is 2.54 bits per heavy atom. The van der Waals surface area contributed by atoms with Crippen LogP contribution in [-0.2, 0) is 13.6 Å². The molecule has 0 saturated heterocycles. The normalized spacial score (nSPS) is 15.9. The zero-order valence-corrected chi connectivity index (χ0v) is 20.3. The number of nitrogens with zero attached hydrogens (tertiary/aromatic N) is 5. The topological polar surface area (TPSA) is 80.0 Å². The second-order valence-electron chi connectivity index (χ2n) is 9.13. The van der Waals surface area contributed by atoms with Crippen molar-refractivity contribution in [2.45, 2.75) is 25.7 Å². The van der Waals surface area contributed by atoms with Gasteiger partial charge in [-0.1, -0.05) is 42.5 Å². The molecule has 1 atom stereocenters. The summed E-state index contributed by atoms with van der Waals surface area (Å²) >= 11 is 0. The fourth-order valence-electron chi connectivity index (χ4n) is 4.66. The van der Waals surface area contributed by atoms with E-state index >= 15 is 0 Å². The van der Waals surface area contributed by atoms with Crippen LogP contribution in [0.25, 0.3) is 17.1 Å². The SMILES string of the molecule is Cc1c(-c2cn(C)cn2)nn(-c2ccccc2)c1NC(=O)NC1CN(CC(F)(F)F)Cc2ccccc21. The predicted molar refractivity (Wildman–Crippen MR) is 133 cm³/mol.